The van der Waals surface area contributed by atoms with E-state index < -0.39 is 0 Å². The first-order chi connectivity index (χ1) is 19.1. The van der Waals surface area contributed by atoms with Crippen molar-refractivity contribution in [2.45, 2.75) is 71.7 Å². The number of carbonyl (C=O) groups excluding carboxylic acids is 2. The third kappa shape index (κ3) is 6.59. The molecule has 0 atom stereocenters. The number of fused-ring (bicyclic) bond motifs is 1. The molecule has 2 amide bonds. The Morgan fingerprint density at radius 3 is 2.62 bits per heavy atom. The zero-order chi connectivity index (χ0) is 28.4. The molecule has 208 valence electrons. The first kappa shape index (κ1) is 27.2. The SMILES string of the molecule is CC(C)Oc1cc(CNc2ncccc2C(=O)NC(C)(C)C)cc(-c2c[nH]c3ncc(C(=O)NC4CC4)cc23)c1. The zero-order valence-corrected chi connectivity index (χ0v) is 23.6. The van der Waals surface area contributed by atoms with Crippen LogP contribution in [0.25, 0.3) is 22.2 Å². The number of benzene rings is 1. The van der Waals surface area contributed by atoms with Crippen molar-refractivity contribution in [2.24, 2.45) is 0 Å². The quantitative estimate of drug-likeness (QED) is 0.224. The summed E-state index contributed by atoms with van der Waals surface area (Å²) in [6.07, 6.45) is 7.21. The van der Waals surface area contributed by atoms with E-state index in [2.05, 4.69) is 37.0 Å². The number of rotatable bonds is 9. The molecule has 3 heterocycles. The maximum absolute atomic E-state index is 12.9. The summed E-state index contributed by atoms with van der Waals surface area (Å²) in [6, 6.07) is 11.7. The molecule has 0 bridgehead atoms. The minimum Gasteiger partial charge on any atom is -0.491 e. The Hall–Kier alpha value is -4.40. The smallest absolute Gasteiger partial charge is 0.255 e. The number of aromatic nitrogens is 3. The lowest BCUT2D eigenvalue weighted by Crippen LogP contribution is -2.40. The van der Waals surface area contributed by atoms with Crippen LogP contribution < -0.4 is 20.7 Å². The van der Waals surface area contributed by atoms with Gasteiger partial charge in [-0.2, -0.15) is 0 Å². The standard InChI is InChI=1S/C31H36N6O3/c1-18(2)40-23-12-19(15-33-27-24(7-6-10-32-27)30(39)37-31(3,4)5)11-20(13-23)26-17-35-28-25(26)14-21(16-34-28)29(38)36-22-8-9-22/h6-7,10-14,16-18,22H,8-9,15H2,1-5H3,(H,32,33)(H,34,35)(H,36,38)(H,37,39). The fourth-order valence-corrected chi connectivity index (χ4v) is 4.44. The van der Waals surface area contributed by atoms with Gasteiger partial charge in [0.15, 0.2) is 0 Å². The molecule has 9 heteroatoms. The van der Waals surface area contributed by atoms with Crippen molar-refractivity contribution in [1.29, 1.82) is 0 Å². The molecule has 4 N–H and O–H groups in total. The molecule has 9 nitrogen and oxygen atoms in total. The number of aromatic amines is 1. The van der Waals surface area contributed by atoms with Crippen LogP contribution >= 0.6 is 0 Å². The zero-order valence-electron chi connectivity index (χ0n) is 23.6. The fourth-order valence-electron chi connectivity index (χ4n) is 4.44. The van der Waals surface area contributed by atoms with Gasteiger partial charge in [0.05, 0.1) is 17.2 Å². The van der Waals surface area contributed by atoms with E-state index in [-0.39, 0.29) is 29.5 Å². The van der Waals surface area contributed by atoms with Gasteiger partial charge in [0.25, 0.3) is 11.8 Å². The van der Waals surface area contributed by atoms with Crippen LogP contribution in [0.15, 0.2) is 55.0 Å². The van der Waals surface area contributed by atoms with Gasteiger partial charge in [0, 0.05) is 47.7 Å². The highest BCUT2D eigenvalue weighted by molar-refractivity contribution is 6.01. The van der Waals surface area contributed by atoms with E-state index in [4.69, 9.17) is 4.74 Å². The van der Waals surface area contributed by atoms with Gasteiger partial charge in [-0.05, 0) is 95.0 Å². The van der Waals surface area contributed by atoms with Gasteiger partial charge in [-0.1, -0.05) is 0 Å². The summed E-state index contributed by atoms with van der Waals surface area (Å²) >= 11 is 0. The van der Waals surface area contributed by atoms with E-state index in [1.165, 1.54) is 0 Å². The molecule has 0 aliphatic heterocycles. The number of amides is 2. The largest absolute Gasteiger partial charge is 0.491 e. The van der Waals surface area contributed by atoms with Crippen LogP contribution in [0.5, 0.6) is 5.75 Å². The highest BCUT2D eigenvalue weighted by Crippen LogP contribution is 2.33. The Morgan fingerprint density at radius 2 is 1.90 bits per heavy atom. The van der Waals surface area contributed by atoms with E-state index >= 15 is 0 Å². The van der Waals surface area contributed by atoms with E-state index in [1.807, 2.05) is 59.0 Å². The number of carbonyl (C=O) groups is 2. The number of nitrogens with zero attached hydrogens (tertiary/aromatic N) is 2. The van der Waals surface area contributed by atoms with Crippen LogP contribution in [0, 0.1) is 0 Å². The molecule has 0 unspecified atom stereocenters. The van der Waals surface area contributed by atoms with E-state index in [1.54, 1.807) is 24.5 Å². The minimum atomic E-state index is -0.367. The molecule has 4 aromatic rings. The van der Waals surface area contributed by atoms with Crippen molar-refractivity contribution in [1.82, 2.24) is 25.6 Å². The number of pyridine rings is 2. The van der Waals surface area contributed by atoms with Crippen molar-refractivity contribution in [2.75, 3.05) is 5.32 Å². The molecule has 1 saturated carbocycles. The lowest BCUT2D eigenvalue weighted by molar-refractivity contribution is 0.0917. The number of hydrogen-bond acceptors (Lipinski definition) is 6. The highest BCUT2D eigenvalue weighted by Gasteiger charge is 2.24. The van der Waals surface area contributed by atoms with Gasteiger partial charge < -0.3 is 25.7 Å². The number of H-pyrrole nitrogens is 1. The monoisotopic (exact) mass is 540 g/mol. The molecule has 40 heavy (non-hydrogen) atoms. The average Bonchev–Trinajstić information content (AvgIpc) is 3.60. The summed E-state index contributed by atoms with van der Waals surface area (Å²) in [5.41, 5.74) is 4.15. The Balaban J connectivity index is 1.45. The molecule has 0 saturated heterocycles. The van der Waals surface area contributed by atoms with Crippen LogP contribution in [0.4, 0.5) is 5.82 Å². The lowest BCUT2D eigenvalue weighted by atomic mass is 10.0. The van der Waals surface area contributed by atoms with Crippen molar-refractivity contribution < 1.29 is 14.3 Å². The molecule has 1 aromatic carbocycles. The summed E-state index contributed by atoms with van der Waals surface area (Å²) in [5, 5.41) is 10.2. The first-order valence-corrected chi connectivity index (χ1v) is 13.7. The van der Waals surface area contributed by atoms with Gasteiger partial charge in [-0.15, -0.1) is 0 Å². The number of hydrogen-bond donors (Lipinski definition) is 4. The number of ether oxygens (including phenoxy) is 1. The second kappa shape index (κ2) is 11.0. The van der Waals surface area contributed by atoms with Gasteiger partial charge in [-0.3, -0.25) is 9.59 Å². The number of nitrogens with one attached hydrogen (secondary N) is 4. The first-order valence-electron chi connectivity index (χ1n) is 13.7. The van der Waals surface area contributed by atoms with Crippen LogP contribution in [-0.4, -0.2) is 44.5 Å². The maximum Gasteiger partial charge on any atom is 0.255 e. The number of anilines is 1. The Kier molecular flexibility index (Phi) is 7.47. The summed E-state index contributed by atoms with van der Waals surface area (Å²) < 4.78 is 6.09. The van der Waals surface area contributed by atoms with E-state index in [9.17, 15) is 9.59 Å². The Bertz CT molecular complexity index is 1550. The van der Waals surface area contributed by atoms with Gasteiger partial charge >= 0.3 is 0 Å². The third-order valence-corrected chi connectivity index (χ3v) is 6.36. The second-order valence-corrected chi connectivity index (χ2v) is 11.6. The molecular formula is C31H36N6O3. The molecule has 3 aromatic heterocycles. The van der Waals surface area contributed by atoms with Gasteiger partial charge in [0.2, 0.25) is 0 Å². The summed E-state index contributed by atoms with van der Waals surface area (Å²) in [4.78, 5) is 37.7. The highest BCUT2D eigenvalue weighted by atomic mass is 16.5. The van der Waals surface area contributed by atoms with Crippen molar-refractivity contribution in [3.8, 4) is 16.9 Å². The predicted octanol–water partition coefficient (Wildman–Crippen LogP) is 5.44. The second-order valence-electron chi connectivity index (χ2n) is 11.6. The Morgan fingerprint density at radius 1 is 1.10 bits per heavy atom. The van der Waals surface area contributed by atoms with E-state index in [0.717, 1.165) is 40.7 Å². The van der Waals surface area contributed by atoms with Crippen molar-refractivity contribution in [3.05, 3.63) is 71.7 Å². The normalized spacial score (nSPS) is 13.3. The summed E-state index contributed by atoms with van der Waals surface area (Å²) in [5.74, 6) is 0.936. The lowest BCUT2D eigenvalue weighted by Gasteiger charge is -2.21. The van der Waals surface area contributed by atoms with Crippen LogP contribution in [0.1, 0.15) is 73.7 Å². The minimum absolute atomic E-state index is 0.0121. The molecule has 1 aliphatic carbocycles. The van der Waals surface area contributed by atoms with Crippen LogP contribution in [-0.2, 0) is 6.54 Å². The molecule has 1 fully saturated rings. The van der Waals surface area contributed by atoms with Gasteiger partial charge in [-0.25, -0.2) is 9.97 Å². The third-order valence-electron chi connectivity index (χ3n) is 6.36. The molecule has 1 aliphatic rings. The molecule has 0 radical (unpaired) electrons. The molecule has 0 spiro atoms. The Labute approximate surface area is 234 Å². The van der Waals surface area contributed by atoms with E-state index in [0.29, 0.717) is 29.1 Å². The topological polar surface area (TPSA) is 121 Å². The maximum atomic E-state index is 12.9. The summed E-state index contributed by atoms with van der Waals surface area (Å²) in [6.45, 7) is 10.2. The predicted molar refractivity (Wildman–Crippen MR) is 157 cm³/mol. The van der Waals surface area contributed by atoms with Gasteiger partial charge in [0.1, 0.15) is 17.2 Å². The fraction of sp³-hybridized carbons (Fsp3) is 0.355. The van der Waals surface area contributed by atoms with Crippen LogP contribution in [0.2, 0.25) is 0 Å². The molecular weight excluding hydrogens is 504 g/mol. The molecule has 5 rings (SSSR count). The summed E-state index contributed by atoms with van der Waals surface area (Å²) in [7, 11) is 0. The van der Waals surface area contributed by atoms with Crippen molar-refractivity contribution >= 4 is 28.7 Å². The van der Waals surface area contributed by atoms with Crippen LogP contribution in [0.3, 0.4) is 0 Å². The van der Waals surface area contributed by atoms with Crippen molar-refractivity contribution in [3.63, 3.8) is 0 Å². The average molecular weight is 541 g/mol.